The number of aliphatic hydroxyl groups is 4. The van der Waals surface area contributed by atoms with Crippen LogP contribution in [-0.4, -0.2) is 46.9 Å². The molecule has 0 fully saturated rings. The molecule has 0 aliphatic heterocycles. The fourth-order valence-electron chi connectivity index (χ4n) is 1.35. The van der Waals surface area contributed by atoms with Gasteiger partial charge in [0, 0.05) is 18.6 Å². The van der Waals surface area contributed by atoms with Crippen molar-refractivity contribution in [1.29, 1.82) is 0 Å². The maximum absolute atomic E-state index is 8.95. The molecular formula is C11H22O4. The maximum Gasteiger partial charge on any atom is 0.0512 e. The molecule has 15 heavy (non-hydrogen) atoms. The largest absolute Gasteiger partial charge is 0.396 e. The molecule has 0 saturated carbocycles. The van der Waals surface area contributed by atoms with Crippen molar-refractivity contribution in [2.75, 3.05) is 26.4 Å². The van der Waals surface area contributed by atoms with Crippen LogP contribution in [0.25, 0.3) is 0 Å². The lowest BCUT2D eigenvalue weighted by Crippen LogP contribution is -2.30. The second kappa shape index (κ2) is 8.85. The van der Waals surface area contributed by atoms with Gasteiger partial charge in [0.25, 0.3) is 0 Å². The third-order valence-electron chi connectivity index (χ3n) is 2.55. The van der Waals surface area contributed by atoms with E-state index in [1.54, 1.807) is 0 Å². The topological polar surface area (TPSA) is 80.9 Å². The molecule has 90 valence electrons. The van der Waals surface area contributed by atoms with E-state index in [0.29, 0.717) is 6.42 Å². The minimum Gasteiger partial charge on any atom is -0.396 e. The van der Waals surface area contributed by atoms with Gasteiger partial charge in [-0.15, -0.1) is 0 Å². The predicted octanol–water partition coefficient (Wildman–Crippen LogP) is 0.0586. The van der Waals surface area contributed by atoms with Gasteiger partial charge in [-0.25, -0.2) is 0 Å². The third kappa shape index (κ3) is 5.89. The lowest BCUT2D eigenvalue weighted by Gasteiger charge is -2.30. The van der Waals surface area contributed by atoms with Crippen LogP contribution in [0.1, 0.15) is 25.7 Å². The summed E-state index contributed by atoms with van der Waals surface area (Å²) in [5, 5.41) is 33.7. The highest BCUT2D eigenvalue weighted by atomic mass is 16.3. The maximum atomic E-state index is 8.95. The van der Waals surface area contributed by atoms with Crippen molar-refractivity contribution < 1.29 is 20.4 Å². The molecule has 0 atom stereocenters. The summed E-state index contributed by atoms with van der Waals surface area (Å²) in [5.74, 6) is 0. The molecule has 4 N–H and O–H groups in total. The van der Waals surface area contributed by atoms with Crippen molar-refractivity contribution in [3.63, 3.8) is 0 Å². The smallest absolute Gasteiger partial charge is 0.0512 e. The zero-order valence-electron chi connectivity index (χ0n) is 9.10. The highest BCUT2D eigenvalue weighted by Gasteiger charge is 2.28. The van der Waals surface area contributed by atoms with E-state index in [1.807, 2.05) is 6.08 Å². The fourth-order valence-corrected chi connectivity index (χ4v) is 1.35. The molecule has 0 heterocycles. The summed E-state index contributed by atoms with van der Waals surface area (Å²) in [6.45, 7) is 0.397. The van der Waals surface area contributed by atoms with E-state index in [2.05, 4.69) is 6.08 Å². The summed E-state index contributed by atoms with van der Waals surface area (Å²) < 4.78 is 0. The van der Waals surface area contributed by atoms with Gasteiger partial charge in [-0.05, 0) is 25.7 Å². The zero-order chi connectivity index (χ0) is 11.6. The second-order valence-electron chi connectivity index (χ2n) is 3.83. The first kappa shape index (κ1) is 14.6. The third-order valence-corrected chi connectivity index (χ3v) is 2.55. The Balaban J connectivity index is 0.000000336. The van der Waals surface area contributed by atoms with Crippen molar-refractivity contribution in [1.82, 2.24) is 0 Å². The van der Waals surface area contributed by atoms with Gasteiger partial charge < -0.3 is 20.4 Å². The highest BCUT2D eigenvalue weighted by molar-refractivity contribution is 4.97. The van der Waals surface area contributed by atoms with Crippen molar-refractivity contribution in [2.24, 2.45) is 5.41 Å². The van der Waals surface area contributed by atoms with E-state index in [4.69, 9.17) is 20.4 Å². The molecule has 0 aromatic heterocycles. The van der Waals surface area contributed by atoms with Crippen molar-refractivity contribution in [2.45, 2.75) is 25.7 Å². The Kier molecular flexibility index (Phi) is 8.61. The SMILES string of the molecule is OCC1(CO)CC=CCC1.OCCCO. The Labute approximate surface area is 90.9 Å². The normalized spacial score (nSPS) is 18.1. The van der Waals surface area contributed by atoms with Gasteiger partial charge in [0.15, 0.2) is 0 Å². The number of aliphatic hydroxyl groups excluding tert-OH is 4. The van der Waals surface area contributed by atoms with E-state index in [-0.39, 0.29) is 31.8 Å². The molecule has 1 rings (SSSR count). The lowest BCUT2D eigenvalue weighted by atomic mass is 9.79. The first-order chi connectivity index (χ1) is 7.24. The monoisotopic (exact) mass is 218 g/mol. The first-order valence-corrected chi connectivity index (χ1v) is 5.33. The highest BCUT2D eigenvalue weighted by Crippen LogP contribution is 2.31. The summed E-state index contributed by atoms with van der Waals surface area (Å²) in [6, 6.07) is 0. The quantitative estimate of drug-likeness (QED) is 0.503. The summed E-state index contributed by atoms with van der Waals surface area (Å²) in [4.78, 5) is 0. The average Bonchev–Trinajstić information content (AvgIpc) is 2.32. The minimum absolute atomic E-state index is 0.0938. The molecule has 0 aromatic rings. The molecule has 1 aliphatic carbocycles. The van der Waals surface area contributed by atoms with Crippen LogP contribution in [0.2, 0.25) is 0 Å². The van der Waals surface area contributed by atoms with E-state index in [9.17, 15) is 0 Å². The van der Waals surface area contributed by atoms with Crippen LogP contribution in [0, 0.1) is 5.41 Å². The summed E-state index contributed by atoms with van der Waals surface area (Å²) >= 11 is 0. The molecule has 0 bridgehead atoms. The van der Waals surface area contributed by atoms with E-state index < -0.39 is 0 Å². The van der Waals surface area contributed by atoms with Crippen LogP contribution in [0.15, 0.2) is 12.2 Å². The molecule has 0 amide bonds. The predicted molar refractivity (Wildman–Crippen MR) is 58.4 cm³/mol. The molecule has 1 aliphatic rings. The van der Waals surface area contributed by atoms with Crippen molar-refractivity contribution in [3.8, 4) is 0 Å². The molecule has 4 nitrogen and oxygen atoms in total. The standard InChI is InChI=1S/C8H14O2.C3H8O2/c9-6-8(7-10)4-2-1-3-5-8;4-2-1-3-5/h1-2,9-10H,3-7H2;4-5H,1-3H2. The zero-order valence-corrected chi connectivity index (χ0v) is 9.10. The molecule has 0 spiro atoms. The number of allylic oxidation sites excluding steroid dienone is 2. The van der Waals surface area contributed by atoms with Crippen LogP contribution in [0.4, 0.5) is 0 Å². The lowest BCUT2D eigenvalue weighted by molar-refractivity contribution is 0.0471. The summed E-state index contributed by atoms with van der Waals surface area (Å²) in [5.41, 5.74) is -0.214. The van der Waals surface area contributed by atoms with Gasteiger partial charge in [-0.3, -0.25) is 0 Å². The van der Waals surface area contributed by atoms with Gasteiger partial charge in [-0.2, -0.15) is 0 Å². The van der Waals surface area contributed by atoms with Crippen molar-refractivity contribution >= 4 is 0 Å². The Morgan fingerprint density at radius 2 is 1.53 bits per heavy atom. The molecule has 0 aromatic carbocycles. The second-order valence-corrected chi connectivity index (χ2v) is 3.83. The Bertz CT molecular complexity index is 162. The van der Waals surface area contributed by atoms with Gasteiger partial charge in [-0.1, -0.05) is 12.2 Å². The molecule has 0 saturated heterocycles. The molecular weight excluding hydrogens is 196 g/mol. The molecule has 4 heteroatoms. The van der Waals surface area contributed by atoms with Crippen molar-refractivity contribution in [3.05, 3.63) is 12.2 Å². The van der Waals surface area contributed by atoms with Gasteiger partial charge in [0.1, 0.15) is 0 Å². The summed E-state index contributed by atoms with van der Waals surface area (Å²) in [6.07, 6.45) is 7.36. The van der Waals surface area contributed by atoms with Crippen LogP contribution >= 0.6 is 0 Å². The van der Waals surface area contributed by atoms with Crippen LogP contribution in [0.5, 0.6) is 0 Å². The van der Waals surface area contributed by atoms with E-state index in [1.165, 1.54) is 0 Å². The van der Waals surface area contributed by atoms with Crippen LogP contribution in [-0.2, 0) is 0 Å². The molecule has 0 unspecified atom stereocenters. The fraction of sp³-hybridized carbons (Fsp3) is 0.818. The Morgan fingerprint density at radius 3 is 1.73 bits per heavy atom. The van der Waals surface area contributed by atoms with Gasteiger partial charge in [0.2, 0.25) is 0 Å². The number of hydrogen-bond acceptors (Lipinski definition) is 4. The Morgan fingerprint density at radius 1 is 0.933 bits per heavy atom. The number of hydrogen-bond donors (Lipinski definition) is 4. The van der Waals surface area contributed by atoms with Gasteiger partial charge >= 0.3 is 0 Å². The van der Waals surface area contributed by atoms with E-state index in [0.717, 1.165) is 19.3 Å². The van der Waals surface area contributed by atoms with Gasteiger partial charge in [0.05, 0.1) is 13.2 Å². The summed E-state index contributed by atoms with van der Waals surface area (Å²) in [7, 11) is 0. The van der Waals surface area contributed by atoms with E-state index >= 15 is 0 Å². The minimum atomic E-state index is -0.214. The average molecular weight is 218 g/mol. The molecule has 0 radical (unpaired) electrons. The Hall–Kier alpha value is -0.420. The number of rotatable bonds is 4. The van der Waals surface area contributed by atoms with Crippen LogP contribution < -0.4 is 0 Å². The first-order valence-electron chi connectivity index (χ1n) is 5.33. The van der Waals surface area contributed by atoms with Crippen LogP contribution in [0.3, 0.4) is 0 Å².